The minimum atomic E-state index is -2.55. The molecule has 110 valence electrons. The van der Waals surface area contributed by atoms with Crippen molar-refractivity contribution >= 4 is 11.6 Å². The van der Waals surface area contributed by atoms with Gasteiger partial charge in [0.1, 0.15) is 24.8 Å². The van der Waals surface area contributed by atoms with Crippen molar-refractivity contribution in [1.29, 1.82) is 0 Å². The van der Waals surface area contributed by atoms with Crippen LogP contribution in [0.4, 0.5) is 18.9 Å². The Morgan fingerprint density at radius 1 is 1.45 bits per heavy atom. The molecule has 0 N–H and O–H groups in total. The summed E-state index contributed by atoms with van der Waals surface area (Å²) in [6, 6.07) is 3.92. The van der Waals surface area contributed by atoms with E-state index in [4.69, 9.17) is 4.74 Å². The summed E-state index contributed by atoms with van der Waals surface area (Å²) in [6.07, 6.45) is -2.59. The van der Waals surface area contributed by atoms with Crippen molar-refractivity contribution in [2.24, 2.45) is 0 Å². The number of anilines is 1. The molecular formula is C13H14F3NO3. The zero-order chi connectivity index (χ0) is 14.5. The fourth-order valence-corrected chi connectivity index (χ4v) is 1.92. The third kappa shape index (κ3) is 3.63. The van der Waals surface area contributed by atoms with Crippen LogP contribution in [0.5, 0.6) is 5.75 Å². The van der Waals surface area contributed by atoms with E-state index in [0.29, 0.717) is 24.6 Å². The number of carbonyl (C=O) groups is 1. The first-order chi connectivity index (χ1) is 9.58. The van der Waals surface area contributed by atoms with Crippen molar-refractivity contribution in [2.75, 3.05) is 31.3 Å². The fourth-order valence-electron chi connectivity index (χ4n) is 1.92. The van der Waals surface area contributed by atoms with Gasteiger partial charge in [-0.3, -0.25) is 4.79 Å². The average molecular weight is 289 g/mol. The van der Waals surface area contributed by atoms with E-state index >= 15 is 0 Å². The zero-order valence-corrected chi connectivity index (χ0v) is 10.7. The lowest BCUT2D eigenvalue weighted by Crippen LogP contribution is -2.38. The Morgan fingerprint density at radius 2 is 2.25 bits per heavy atom. The van der Waals surface area contributed by atoms with E-state index in [2.05, 4.69) is 4.74 Å². The summed E-state index contributed by atoms with van der Waals surface area (Å²) in [6.45, 7) is -0.181. The number of amides is 1. The highest BCUT2D eigenvalue weighted by atomic mass is 19.3. The maximum Gasteiger partial charge on any atom is 0.261 e. The summed E-state index contributed by atoms with van der Waals surface area (Å²) in [5.41, 5.74) is 0.357. The van der Waals surface area contributed by atoms with Gasteiger partial charge in [0.05, 0.1) is 25.3 Å². The van der Waals surface area contributed by atoms with Crippen molar-refractivity contribution in [2.45, 2.75) is 12.8 Å². The smallest absolute Gasteiger partial charge is 0.261 e. The van der Waals surface area contributed by atoms with Crippen LogP contribution in [0.1, 0.15) is 6.42 Å². The van der Waals surface area contributed by atoms with Crippen LogP contribution >= 0.6 is 0 Å². The van der Waals surface area contributed by atoms with Crippen molar-refractivity contribution in [3.63, 3.8) is 0 Å². The molecular weight excluding hydrogens is 275 g/mol. The van der Waals surface area contributed by atoms with Crippen LogP contribution in [0.2, 0.25) is 0 Å². The molecule has 0 radical (unpaired) electrons. The number of hydrogen-bond acceptors (Lipinski definition) is 3. The lowest BCUT2D eigenvalue weighted by atomic mass is 10.2. The number of ether oxygens (including phenoxy) is 2. The molecule has 2 rings (SSSR count). The van der Waals surface area contributed by atoms with Crippen LogP contribution in [-0.4, -0.2) is 38.7 Å². The van der Waals surface area contributed by atoms with Crippen molar-refractivity contribution in [3.8, 4) is 5.75 Å². The molecule has 1 aromatic rings. The molecule has 1 amide bonds. The third-order valence-electron chi connectivity index (χ3n) is 2.79. The van der Waals surface area contributed by atoms with Crippen LogP contribution < -0.4 is 9.64 Å². The number of benzene rings is 1. The Morgan fingerprint density at radius 3 is 3.00 bits per heavy atom. The van der Waals surface area contributed by atoms with Gasteiger partial charge in [-0.2, -0.15) is 0 Å². The molecule has 1 aliphatic heterocycles. The monoisotopic (exact) mass is 289 g/mol. The lowest BCUT2D eigenvalue weighted by molar-refractivity contribution is -0.120. The molecule has 0 bridgehead atoms. The summed E-state index contributed by atoms with van der Waals surface area (Å²) in [5.74, 6) is -0.352. The molecule has 0 fully saturated rings. The van der Waals surface area contributed by atoms with Gasteiger partial charge in [0.25, 0.3) is 6.43 Å². The summed E-state index contributed by atoms with van der Waals surface area (Å²) in [5, 5.41) is 0. The van der Waals surface area contributed by atoms with Crippen molar-refractivity contribution < 1.29 is 27.4 Å². The molecule has 0 saturated carbocycles. The molecule has 0 atom stereocenters. The number of fused-ring (bicyclic) bond motifs is 1. The van der Waals surface area contributed by atoms with E-state index in [1.165, 1.54) is 23.1 Å². The number of nitrogens with zero attached hydrogens (tertiary/aromatic N) is 1. The first-order valence-corrected chi connectivity index (χ1v) is 6.16. The molecule has 7 heteroatoms. The van der Waals surface area contributed by atoms with Crippen molar-refractivity contribution in [3.05, 3.63) is 24.0 Å². The van der Waals surface area contributed by atoms with Gasteiger partial charge in [0.2, 0.25) is 5.91 Å². The first kappa shape index (κ1) is 14.6. The van der Waals surface area contributed by atoms with Crippen LogP contribution in [0, 0.1) is 5.82 Å². The minimum absolute atomic E-state index is 0.0390. The topological polar surface area (TPSA) is 38.8 Å². The van der Waals surface area contributed by atoms with Gasteiger partial charge < -0.3 is 14.4 Å². The van der Waals surface area contributed by atoms with Gasteiger partial charge in [-0.05, 0) is 12.1 Å². The molecule has 0 unspecified atom stereocenters. The maximum absolute atomic E-state index is 13.2. The molecule has 0 aliphatic carbocycles. The highest BCUT2D eigenvalue weighted by Crippen LogP contribution is 2.32. The van der Waals surface area contributed by atoms with E-state index in [1.54, 1.807) is 0 Å². The largest absolute Gasteiger partial charge is 0.490 e. The fraction of sp³-hybridized carbons (Fsp3) is 0.462. The maximum atomic E-state index is 13.2. The Labute approximate surface area is 114 Å². The van der Waals surface area contributed by atoms with E-state index in [-0.39, 0.29) is 18.9 Å². The van der Waals surface area contributed by atoms with Crippen LogP contribution in [0.15, 0.2) is 18.2 Å². The molecule has 0 aromatic heterocycles. The quantitative estimate of drug-likeness (QED) is 0.780. The minimum Gasteiger partial charge on any atom is -0.490 e. The van der Waals surface area contributed by atoms with Gasteiger partial charge in [-0.25, -0.2) is 13.2 Å². The second-order valence-electron chi connectivity index (χ2n) is 4.22. The zero-order valence-electron chi connectivity index (χ0n) is 10.7. The van der Waals surface area contributed by atoms with Crippen molar-refractivity contribution in [1.82, 2.24) is 0 Å². The summed E-state index contributed by atoms with van der Waals surface area (Å²) < 4.78 is 47.0. The highest BCUT2D eigenvalue weighted by molar-refractivity contribution is 5.95. The molecule has 20 heavy (non-hydrogen) atoms. The Hall–Kier alpha value is -1.76. The van der Waals surface area contributed by atoms with Gasteiger partial charge in [0, 0.05) is 6.07 Å². The molecule has 1 heterocycles. The van der Waals surface area contributed by atoms with Crippen LogP contribution in [0.3, 0.4) is 0 Å². The Bertz CT molecular complexity index is 482. The Balaban J connectivity index is 1.96. The number of alkyl halides is 2. The Kier molecular flexibility index (Phi) is 4.84. The number of rotatable bonds is 5. The summed E-state index contributed by atoms with van der Waals surface area (Å²) in [4.78, 5) is 13.4. The third-order valence-corrected chi connectivity index (χ3v) is 2.79. The highest BCUT2D eigenvalue weighted by Gasteiger charge is 2.23. The van der Waals surface area contributed by atoms with Crippen LogP contribution in [-0.2, 0) is 9.53 Å². The van der Waals surface area contributed by atoms with Gasteiger partial charge >= 0.3 is 0 Å². The van der Waals surface area contributed by atoms with Gasteiger partial charge in [0.15, 0.2) is 0 Å². The van der Waals surface area contributed by atoms with Gasteiger partial charge in [-0.15, -0.1) is 0 Å². The summed E-state index contributed by atoms with van der Waals surface area (Å²) in [7, 11) is 0. The first-order valence-electron chi connectivity index (χ1n) is 6.16. The summed E-state index contributed by atoms with van der Waals surface area (Å²) >= 11 is 0. The number of carbonyl (C=O) groups excluding carboxylic acids is 1. The second-order valence-corrected chi connectivity index (χ2v) is 4.22. The standard InChI is InChI=1S/C13H14F3NO3/c14-9-1-2-11-10(7-9)17(4-6-20-11)13(18)3-5-19-8-12(15)16/h1-2,7,12H,3-6,8H2. The predicted octanol–water partition coefficient (Wildman–Crippen LogP) is 2.22. The van der Waals surface area contributed by atoms with E-state index in [1.807, 2.05) is 0 Å². The molecule has 0 spiro atoms. The van der Waals surface area contributed by atoms with Crippen LogP contribution in [0.25, 0.3) is 0 Å². The number of hydrogen-bond donors (Lipinski definition) is 0. The molecule has 4 nitrogen and oxygen atoms in total. The second kappa shape index (κ2) is 6.60. The van der Waals surface area contributed by atoms with Gasteiger partial charge in [-0.1, -0.05) is 0 Å². The number of halogens is 3. The molecule has 0 saturated heterocycles. The van der Waals surface area contributed by atoms with E-state index < -0.39 is 18.8 Å². The van der Waals surface area contributed by atoms with E-state index in [0.717, 1.165) is 0 Å². The van der Waals surface area contributed by atoms with E-state index in [9.17, 15) is 18.0 Å². The predicted molar refractivity (Wildman–Crippen MR) is 65.7 cm³/mol. The lowest BCUT2D eigenvalue weighted by Gasteiger charge is -2.29. The average Bonchev–Trinajstić information content (AvgIpc) is 2.42. The molecule has 1 aromatic carbocycles. The normalized spacial score (nSPS) is 14.1. The molecule has 1 aliphatic rings. The SMILES string of the molecule is O=C(CCOCC(F)F)N1CCOc2ccc(F)cc21.